The second kappa shape index (κ2) is 8.95. The van der Waals surface area contributed by atoms with Crippen molar-refractivity contribution in [3.63, 3.8) is 0 Å². The highest BCUT2D eigenvalue weighted by molar-refractivity contribution is 6.08. The molecule has 1 unspecified atom stereocenters. The normalized spacial score (nSPS) is 16.3. The summed E-state index contributed by atoms with van der Waals surface area (Å²) in [5.74, 6) is 0.393. The number of methoxy groups -OCH3 is 1. The van der Waals surface area contributed by atoms with E-state index in [1.54, 1.807) is 18.1 Å². The Labute approximate surface area is 180 Å². The van der Waals surface area contributed by atoms with E-state index >= 15 is 0 Å². The largest absolute Gasteiger partial charge is 0.495 e. The van der Waals surface area contributed by atoms with Crippen LogP contribution in [-0.2, 0) is 14.3 Å². The molecular formula is C23H28N3O5+. The molecule has 2 aromatic carbocycles. The zero-order valence-electron chi connectivity index (χ0n) is 18.1. The first-order valence-corrected chi connectivity index (χ1v) is 10.5. The summed E-state index contributed by atoms with van der Waals surface area (Å²) in [7, 11) is 3.42. The molecule has 0 radical (unpaired) electrons. The average molecular weight is 426 g/mol. The predicted molar refractivity (Wildman–Crippen MR) is 118 cm³/mol. The van der Waals surface area contributed by atoms with Crippen molar-refractivity contribution in [2.24, 2.45) is 0 Å². The number of hydrogen-bond donors (Lipinski definition) is 2. The van der Waals surface area contributed by atoms with E-state index in [0.29, 0.717) is 43.3 Å². The van der Waals surface area contributed by atoms with Gasteiger partial charge in [0.15, 0.2) is 12.6 Å². The Morgan fingerprint density at radius 2 is 1.90 bits per heavy atom. The molecule has 8 heteroatoms. The third kappa shape index (κ3) is 4.35. The van der Waals surface area contributed by atoms with Gasteiger partial charge in [-0.2, -0.15) is 0 Å². The van der Waals surface area contributed by atoms with E-state index in [4.69, 9.17) is 13.9 Å². The lowest BCUT2D eigenvalue weighted by atomic mass is 10.1. The van der Waals surface area contributed by atoms with Gasteiger partial charge in [-0.3, -0.25) is 9.59 Å². The second-order valence-corrected chi connectivity index (χ2v) is 7.87. The van der Waals surface area contributed by atoms with Crippen molar-refractivity contribution in [2.75, 3.05) is 52.3 Å². The van der Waals surface area contributed by atoms with Crippen LogP contribution in [0.15, 0.2) is 40.8 Å². The highest BCUT2D eigenvalue weighted by Crippen LogP contribution is 2.36. The molecule has 0 spiro atoms. The van der Waals surface area contributed by atoms with Gasteiger partial charge < -0.3 is 29.0 Å². The first kappa shape index (κ1) is 21.1. The minimum Gasteiger partial charge on any atom is -0.495 e. The summed E-state index contributed by atoms with van der Waals surface area (Å²) in [6.45, 7) is 4.37. The molecule has 1 aliphatic heterocycles. The summed E-state index contributed by atoms with van der Waals surface area (Å²) < 4.78 is 16.7. The zero-order valence-corrected chi connectivity index (χ0v) is 18.1. The van der Waals surface area contributed by atoms with Crippen molar-refractivity contribution in [3.05, 3.63) is 36.4 Å². The average Bonchev–Trinajstić information content (AvgIpc) is 3.15. The molecule has 164 valence electrons. The number of quaternary nitrogens is 1. The second-order valence-electron chi connectivity index (χ2n) is 7.87. The number of fused-ring (bicyclic) bond motifs is 3. The van der Waals surface area contributed by atoms with Crippen molar-refractivity contribution < 1.29 is 28.4 Å². The first-order chi connectivity index (χ1) is 15.0. The van der Waals surface area contributed by atoms with E-state index in [9.17, 15) is 9.59 Å². The van der Waals surface area contributed by atoms with Crippen LogP contribution in [0.1, 0.15) is 6.92 Å². The number of anilines is 1. The molecule has 3 aromatic rings. The Hall–Kier alpha value is -3.10. The molecule has 2 heterocycles. The number of rotatable bonds is 6. The number of ether oxygens (including phenoxy) is 2. The Morgan fingerprint density at radius 1 is 1.16 bits per heavy atom. The fourth-order valence-corrected chi connectivity index (χ4v) is 3.80. The van der Waals surface area contributed by atoms with Crippen LogP contribution in [0.3, 0.4) is 0 Å². The number of furan rings is 1. The van der Waals surface area contributed by atoms with Gasteiger partial charge in [0, 0.05) is 29.9 Å². The molecule has 0 saturated carbocycles. The molecule has 1 aromatic heterocycles. The minimum absolute atomic E-state index is 0.0294. The maximum Gasteiger partial charge on any atom is 0.282 e. The summed E-state index contributed by atoms with van der Waals surface area (Å²) in [4.78, 5) is 28.0. The van der Waals surface area contributed by atoms with Gasteiger partial charge in [-0.25, -0.2) is 0 Å². The zero-order chi connectivity index (χ0) is 22.0. The lowest BCUT2D eigenvalue weighted by molar-refractivity contribution is -0.886. The third-order valence-electron chi connectivity index (χ3n) is 5.88. The predicted octanol–water partition coefficient (Wildman–Crippen LogP) is 1.30. The van der Waals surface area contributed by atoms with Crippen LogP contribution >= 0.6 is 0 Å². The Bertz CT molecular complexity index is 1100. The van der Waals surface area contributed by atoms with Gasteiger partial charge in [0.05, 0.1) is 33.1 Å². The summed E-state index contributed by atoms with van der Waals surface area (Å²) in [5, 5.41) is 4.86. The molecule has 4 rings (SSSR count). The quantitative estimate of drug-likeness (QED) is 0.621. The number of carbonyl (C=O) groups is 2. The molecule has 1 fully saturated rings. The van der Waals surface area contributed by atoms with Crippen molar-refractivity contribution in [3.8, 4) is 5.75 Å². The topological polar surface area (TPSA) is 85.5 Å². The molecule has 2 N–H and O–H groups in total. The number of hydrogen-bond acceptors (Lipinski definition) is 5. The van der Waals surface area contributed by atoms with Crippen molar-refractivity contribution >= 4 is 39.4 Å². The van der Waals surface area contributed by atoms with E-state index in [-0.39, 0.29) is 18.4 Å². The Balaban J connectivity index is 1.48. The number of nitrogens with zero attached hydrogens (tertiary/aromatic N) is 1. The van der Waals surface area contributed by atoms with Crippen molar-refractivity contribution in [1.82, 2.24) is 4.90 Å². The number of benzene rings is 2. The lowest BCUT2D eigenvalue weighted by Crippen LogP contribution is -3.15. The minimum atomic E-state index is -0.430. The maximum atomic E-state index is 12.9. The molecule has 1 aliphatic rings. The van der Waals surface area contributed by atoms with E-state index in [1.807, 2.05) is 44.3 Å². The SMILES string of the molecule is COc1cc2c(cc1NC(=O)[C@H](C)[NH+](C)CC(=O)N1CCOCC1)oc1ccccc12. The molecule has 2 atom stereocenters. The summed E-state index contributed by atoms with van der Waals surface area (Å²) >= 11 is 0. The lowest BCUT2D eigenvalue weighted by Gasteiger charge is -2.28. The highest BCUT2D eigenvalue weighted by Gasteiger charge is 2.27. The molecule has 1 saturated heterocycles. The number of likely N-dealkylation sites (N-methyl/N-ethyl adjacent to an activating group) is 1. The van der Waals surface area contributed by atoms with Gasteiger partial charge in [0.1, 0.15) is 16.9 Å². The molecule has 2 amide bonds. The fourth-order valence-electron chi connectivity index (χ4n) is 3.80. The first-order valence-electron chi connectivity index (χ1n) is 10.5. The smallest absolute Gasteiger partial charge is 0.282 e. The summed E-state index contributed by atoms with van der Waals surface area (Å²) in [6.07, 6.45) is 0. The highest BCUT2D eigenvalue weighted by atomic mass is 16.5. The molecule has 0 aliphatic carbocycles. The van der Waals surface area contributed by atoms with Crippen LogP contribution in [0, 0.1) is 0 Å². The molecule has 31 heavy (non-hydrogen) atoms. The van der Waals surface area contributed by atoms with Crippen LogP contribution in [-0.4, -0.2) is 69.8 Å². The van der Waals surface area contributed by atoms with Crippen molar-refractivity contribution in [2.45, 2.75) is 13.0 Å². The standard InChI is InChI=1S/C23H27N3O5/c1-15(25(2)14-22(27)26-8-10-30-11-9-26)23(28)24-18-13-20-17(12-21(18)29-3)16-6-4-5-7-19(16)31-20/h4-7,12-13,15H,8-11,14H2,1-3H3,(H,24,28)/p+1/t15-/m0/s1. The van der Waals surface area contributed by atoms with Crippen molar-refractivity contribution in [1.29, 1.82) is 0 Å². The van der Waals surface area contributed by atoms with Crippen LogP contribution in [0.4, 0.5) is 5.69 Å². The Kier molecular flexibility index (Phi) is 6.11. The Morgan fingerprint density at radius 3 is 2.65 bits per heavy atom. The number of carbonyl (C=O) groups excluding carboxylic acids is 2. The summed E-state index contributed by atoms with van der Waals surface area (Å²) in [6, 6.07) is 11.0. The van der Waals surface area contributed by atoms with Gasteiger partial charge >= 0.3 is 0 Å². The monoisotopic (exact) mass is 426 g/mol. The van der Waals surface area contributed by atoms with E-state index in [1.165, 1.54) is 0 Å². The van der Waals surface area contributed by atoms with Gasteiger partial charge in [-0.05, 0) is 19.1 Å². The van der Waals surface area contributed by atoms with E-state index in [0.717, 1.165) is 21.3 Å². The maximum absolute atomic E-state index is 12.9. The van der Waals surface area contributed by atoms with Gasteiger partial charge in [0.25, 0.3) is 11.8 Å². The van der Waals surface area contributed by atoms with Crippen LogP contribution in [0.2, 0.25) is 0 Å². The number of amides is 2. The summed E-state index contributed by atoms with van der Waals surface area (Å²) in [5.41, 5.74) is 1.99. The third-order valence-corrected chi connectivity index (χ3v) is 5.88. The number of para-hydroxylation sites is 1. The van der Waals surface area contributed by atoms with Crippen LogP contribution in [0.25, 0.3) is 21.9 Å². The van der Waals surface area contributed by atoms with Crippen LogP contribution in [0.5, 0.6) is 5.75 Å². The molecule has 8 nitrogen and oxygen atoms in total. The van der Waals surface area contributed by atoms with Crippen LogP contribution < -0.4 is 15.0 Å². The van der Waals surface area contributed by atoms with E-state index < -0.39 is 6.04 Å². The van der Waals surface area contributed by atoms with E-state index in [2.05, 4.69) is 5.32 Å². The number of nitrogens with one attached hydrogen (secondary N) is 2. The van der Waals surface area contributed by atoms with Gasteiger partial charge in [0.2, 0.25) is 0 Å². The van der Waals surface area contributed by atoms with Gasteiger partial charge in [-0.15, -0.1) is 0 Å². The molecule has 0 bridgehead atoms. The molecular weight excluding hydrogens is 398 g/mol. The van der Waals surface area contributed by atoms with Gasteiger partial charge in [-0.1, -0.05) is 18.2 Å². The fraction of sp³-hybridized carbons (Fsp3) is 0.391. The number of morpholine rings is 1.